The van der Waals surface area contributed by atoms with Crippen molar-refractivity contribution in [2.75, 3.05) is 6.61 Å². The van der Waals surface area contributed by atoms with E-state index in [9.17, 15) is 14.4 Å². The molecule has 0 saturated heterocycles. The summed E-state index contributed by atoms with van der Waals surface area (Å²) in [6.45, 7) is 10.8. The molecule has 0 saturated carbocycles. The number of allylic oxidation sites excluding steroid dienone is 1. The van der Waals surface area contributed by atoms with Crippen molar-refractivity contribution in [2.45, 2.75) is 70.6 Å². The third-order valence-corrected chi connectivity index (χ3v) is 5.65. The number of alkyl carbamates (subject to hydrolysis) is 1. The average Bonchev–Trinajstić information content (AvgIpc) is 2.82. The molecule has 2 amide bonds. The zero-order valence-corrected chi connectivity index (χ0v) is 22.2. The number of rotatable bonds is 12. The normalized spacial score (nSPS) is 13.7. The highest BCUT2D eigenvalue weighted by atomic mass is 32.1. The monoisotopic (exact) mass is 512 g/mol. The summed E-state index contributed by atoms with van der Waals surface area (Å²) in [6.07, 6.45) is 2.06. The number of hydrogen-bond acceptors (Lipinski definition) is 6. The second-order valence-corrected chi connectivity index (χ2v) is 9.75. The molecule has 0 aliphatic rings. The predicted molar refractivity (Wildman–Crippen MR) is 146 cm³/mol. The Hall–Kier alpha value is -3.26. The first kappa shape index (κ1) is 29.0. The highest BCUT2D eigenvalue weighted by Crippen LogP contribution is 2.28. The van der Waals surface area contributed by atoms with E-state index < -0.39 is 41.6 Å². The van der Waals surface area contributed by atoms with Crippen LogP contribution in [0.2, 0.25) is 0 Å². The van der Waals surface area contributed by atoms with Crippen LogP contribution < -0.4 is 10.6 Å². The number of fused-ring (bicyclic) bond motifs is 1. The van der Waals surface area contributed by atoms with E-state index >= 15 is 0 Å². The molecule has 0 aromatic heterocycles. The van der Waals surface area contributed by atoms with Crippen molar-refractivity contribution < 1.29 is 23.9 Å². The summed E-state index contributed by atoms with van der Waals surface area (Å²) in [5.74, 6) is -1.55. The Bertz CT molecular complexity index is 1080. The van der Waals surface area contributed by atoms with Crippen LogP contribution in [0.25, 0.3) is 10.8 Å². The third-order valence-electron chi connectivity index (χ3n) is 5.46. The van der Waals surface area contributed by atoms with Crippen LogP contribution in [0.1, 0.15) is 58.4 Å². The first-order valence-electron chi connectivity index (χ1n) is 12.1. The molecule has 2 rings (SSSR count). The van der Waals surface area contributed by atoms with Crippen LogP contribution in [-0.2, 0) is 19.1 Å². The molecule has 0 bridgehead atoms. The van der Waals surface area contributed by atoms with Crippen LogP contribution in [0, 0.1) is 0 Å². The summed E-state index contributed by atoms with van der Waals surface area (Å²) in [5.41, 5.74) is 0.119. The van der Waals surface area contributed by atoms with Crippen molar-refractivity contribution in [1.29, 1.82) is 0 Å². The van der Waals surface area contributed by atoms with Gasteiger partial charge < -0.3 is 20.1 Å². The molecule has 7 nitrogen and oxygen atoms in total. The van der Waals surface area contributed by atoms with Crippen LogP contribution in [-0.4, -0.2) is 47.6 Å². The van der Waals surface area contributed by atoms with E-state index in [0.717, 1.165) is 16.3 Å². The largest absolute Gasteiger partial charge is 0.464 e. The molecule has 0 aliphatic heterocycles. The Balaban J connectivity index is 2.37. The number of esters is 1. The molecule has 0 spiro atoms. The lowest BCUT2D eigenvalue weighted by atomic mass is 9.87. The minimum Gasteiger partial charge on any atom is -0.464 e. The van der Waals surface area contributed by atoms with E-state index in [-0.39, 0.29) is 13.0 Å². The number of ether oxygens (including phenoxy) is 2. The minimum absolute atomic E-state index is 0.156. The summed E-state index contributed by atoms with van der Waals surface area (Å²) in [4.78, 5) is 38.8. The van der Waals surface area contributed by atoms with Gasteiger partial charge in [0.1, 0.15) is 17.7 Å². The molecule has 0 heterocycles. The van der Waals surface area contributed by atoms with Crippen molar-refractivity contribution in [2.24, 2.45) is 0 Å². The Morgan fingerprint density at radius 2 is 1.78 bits per heavy atom. The summed E-state index contributed by atoms with van der Waals surface area (Å²) in [5, 5.41) is 9.06. The minimum atomic E-state index is -1.01. The standard InChI is InChI=1S/C28H36N2O5S/c1-6-8-13-23(29-27(33)35-28(3,4)5)25(31)30-24(26(32)34-7-2)22(16-17-36)21-15-14-19-11-9-10-12-20(19)18-21/h6,9-12,14-15,17-18,22-24H,1,7-8,13,16H2,2-5H3,(H,29,33)(H,30,31). The fourth-order valence-corrected chi connectivity index (χ4v) is 4.03. The third kappa shape index (κ3) is 8.75. The van der Waals surface area contributed by atoms with E-state index in [4.69, 9.17) is 21.7 Å². The fourth-order valence-electron chi connectivity index (χ4n) is 3.82. The highest BCUT2D eigenvalue weighted by Gasteiger charge is 2.34. The molecule has 3 unspecified atom stereocenters. The van der Waals surface area contributed by atoms with Crippen molar-refractivity contribution in [1.82, 2.24) is 10.6 Å². The molecule has 2 N–H and O–H groups in total. The van der Waals surface area contributed by atoms with Gasteiger partial charge in [-0.3, -0.25) is 4.79 Å². The molecule has 36 heavy (non-hydrogen) atoms. The zero-order valence-electron chi connectivity index (χ0n) is 21.4. The number of carbonyl (C=O) groups is 3. The van der Waals surface area contributed by atoms with Gasteiger partial charge in [0, 0.05) is 5.92 Å². The number of nitrogens with one attached hydrogen (secondary N) is 2. The van der Waals surface area contributed by atoms with Crippen LogP contribution in [0.15, 0.2) is 55.1 Å². The van der Waals surface area contributed by atoms with Gasteiger partial charge in [0.25, 0.3) is 0 Å². The number of benzene rings is 2. The Morgan fingerprint density at radius 3 is 2.39 bits per heavy atom. The van der Waals surface area contributed by atoms with Crippen molar-refractivity contribution in [3.05, 3.63) is 60.7 Å². The van der Waals surface area contributed by atoms with Crippen LogP contribution in [0.5, 0.6) is 0 Å². The van der Waals surface area contributed by atoms with Crippen LogP contribution in [0.4, 0.5) is 4.79 Å². The van der Waals surface area contributed by atoms with Crippen molar-refractivity contribution in [3.8, 4) is 0 Å². The maximum absolute atomic E-state index is 13.4. The van der Waals surface area contributed by atoms with Gasteiger partial charge in [-0.15, -0.1) is 6.58 Å². The molecule has 2 aromatic carbocycles. The summed E-state index contributed by atoms with van der Waals surface area (Å²) in [7, 11) is 0. The molecular formula is C28H36N2O5S. The lowest BCUT2D eigenvalue weighted by molar-refractivity contribution is -0.148. The first-order valence-corrected chi connectivity index (χ1v) is 12.6. The number of thiocarbonyl (C=S) groups is 1. The fraction of sp³-hybridized carbons (Fsp3) is 0.429. The Labute approximate surface area is 218 Å². The zero-order chi connectivity index (χ0) is 26.7. The molecule has 194 valence electrons. The molecule has 8 heteroatoms. The van der Waals surface area contributed by atoms with Crippen LogP contribution in [0.3, 0.4) is 0 Å². The van der Waals surface area contributed by atoms with Gasteiger partial charge in [0.15, 0.2) is 0 Å². The quantitative estimate of drug-likeness (QED) is 0.230. The topological polar surface area (TPSA) is 93.7 Å². The predicted octanol–water partition coefficient (Wildman–Crippen LogP) is 5.22. The Morgan fingerprint density at radius 1 is 1.08 bits per heavy atom. The van der Waals surface area contributed by atoms with Crippen molar-refractivity contribution >= 4 is 46.3 Å². The van der Waals surface area contributed by atoms with E-state index in [0.29, 0.717) is 12.8 Å². The molecule has 3 atom stereocenters. The van der Waals surface area contributed by atoms with E-state index in [1.54, 1.807) is 39.1 Å². The van der Waals surface area contributed by atoms with E-state index in [2.05, 4.69) is 17.2 Å². The molecule has 0 fully saturated rings. The second-order valence-electron chi connectivity index (χ2n) is 9.42. The molecular weight excluding hydrogens is 476 g/mol. The Kier molecular flexibility index (Phi) is 11.0. The SMILES string of the molecule is C=CCCC(NC(=O)OC(C)(C)C)C(=O)NC(C(=O)OCC)C(CC=S)c1ccc2ccccc2c1. The number of carbonyl (C=O) groups excluding carboxylic acids is 3. The maximum Gasteiger partial charge on any atom is 0.408 e. The molecule has 0 radical (unpaired) electrons. The van der Waals surface area contributed by atoms with Gasteiger partial charge in [-0.25, -0.2) is 9.59 Å². The first-order chi connectivity index (χ1) is 17.1. The molecule has 0 aliphatic carbocycles. The van der Waals surface area contributed by atoms with Gasteiger partial charge in [0.05, 0.1) is 6.61 Å². The summed E-state index contributed by atoms with van der Waals surface area (Å²) in [6, 6.07) is 11.8. The van der Waals surface area contributed by atoms with Gasteiger partial charge in [0.2, 0.25) is 5.91 Å². The average molecular weight is 513 g/mol. The summed E-state index contributed by atoms with van der Waals surface area (Å²) < 4.78 is 10.6. The van der Waals surface area contributed by atoms with Gasteiger partial charge in [-0.1, -0.05) is 60.8 Å². The highest BCUT2D eigenvalue weighted by molar-refractivity contribution is 7.78. The lowest BCUT2D eigenvalue weighted by Gasteiger charge is -2.29. The molecule has 2 aromatic rings. The van der Waals surface area contributed by atoms with Gasteiger partial charge in [-0.2, -0.15) is 0 Å². The van der Waals surface area contributed by atoms with E-state index in [1.165, 1.54) is 0 Å². The number of hydrogen-bond donors (Lipinski definition) is 2. The van der Waals surface area contributed by atoms with Crippen molar-refractivity contribution in [3.63, 3.8) is 0 Å². The summed E-state index contributed by atoms with van der Waals surface area (Å²) >= 11 is 5.15. The lowest BCUT2D eigenvalue weighted by Crippen LogP contribution is -2.54. The van der Waals surface area contributed by atoms with Gasteiger partial charge >= 0.3 is 12.1 Å². The number of amides is 2. The van der Waals surface area contributed by atoms with E-state index in [1.807, 2.05) is 42.5 Å². The van der Waals surface area contributed by atoms with Gasteiger partial charge in [-0.05, 0) is 68.7 Å². The van der Waals surface area contributed by atoms with Crippen LogP contribution >= 0.6 is 12.2 Å². The maximum atomic E-state index is 13.4. The second kappa shape index (κ2) is 13.7. The smallest absolute Gasteiger partial charge is 0.408 e.